The molecule has 0 radical (unpaired) electrons. The minimum absolute atomic E-state index is 0.382. The maximum atomic E-state index is 12.0. The average molecular weight is 288 g/mol. The Morgan fingerprint density at radius 2 is 2.00 bits per heavy atom. The zero-order valence-electron chi connectivity index (χ0n) is 12.6. The normalized spacial score (nSPS) is 10.4. The Balaban J connectivity index is 2.27. The highest BCUT2D eigenvalue weighted by Crippen LogP contribution is 2.25. The van der Waals surface area contributed by atoms with Gasteiger partial charge in [-0.3, -0.25) is 4.68 Å². The highest BCUT2D eigenvalue weighted by molar-refractivity contribution is 5.91. The minimum Gasteiger partial charge on any atom is -0.484 e. The van der Waals surface area contributed by atoms with Crippen molar-refractivity contribution in [2.45, 2.75) is 33.4 Å². The van der Waals surface area contributed by atoms with Crippen LogP contribution in [0.25, 0.3) is 0 Å². The number of methoxy groups -OCH3 is 1. The Morgan fingerprint density at radius 1 is 1.29 bits per heavy atom. The number of ether oxygens (including phenoxy) is 2. The smallest absolute Gasteiger partial charge is 0.360 e. The number of benzene rings is 1. The van der Waals surface area contributed by atoms with E-state index in [0.717, 1.165) is 12.0 Å². The third-order valence-electron chi connectivity index (χ3n) is 3.11. The Kier molecular flexibility index (Phi) is 4.98. The van der Waals surface area contributed by atoms with E-state index in [1.165, 1.54) is 7.11 Å². The molecule has 0 atom stereocenters. The number of rotatable bonds is 6. The van der Waals surface area contributed by atoms with E-state index in [1.54, 1.807) is 4.68 Å². The van der Waals surface area contributed by atoms with Gasteiger partial charge >= 0.3 is 5.97 Å². The highest BCUT2D eigenvalue weighted by atomic mass is 16.5. The average Bonchev–Trinajstić information content (AvgIpc) is 2.81. The fourth-order valence-electron chi connectivity index (χ4n) is 2.14. The molecule has 112 valence electrons. The molecule has 0 aliphatic rings. The lowest BCUT2D eigenvalue weighted by molar-refractivity contribution is 0.0581. The first-order valence-corrected chi connectivity index (χ1v) is 6.99. The Morgan fingerprint density at radius 3 is 2.62 bits per heavy atom. The summed E-state index contributed by atoms with van der Waals surface area (Å²) in [5.41, 5.74) is 2.11. The molecule has 1 aromatic carbocycles. The zero-order valence-corrected chi connectivity index (χ0v) is 12.6. The zero-order chi connectivity index (χ0) is 15.2. The molecule has 0 N–H and O–H groups in total. The maximum Gasteiger partial charge on any atom is 0.360 e. The standard InChI is InChI=1S/C16H20N2O3/c1-4-10-18-14(16(19)20-3)15(12(2)17-18)21-11-13-8-6-5-7-9-13/h5-9H,4,10-11H2,1-3H3. The van der Waals surface area contributed by atoms with E-state index in [0.29, 0.717) is 30.3 Å². The SMILES string of the molecule is CCCn1nc(C)c(OCc2ccccc2)c1C(=O)OC. The van der Waals surface area contributed by atoms with Crippen LogP contribution in [0.4, 0.5) is 0 Å². The van der Waals surface area contributed by atoms with E-state index in [4.69, 9.17) is 9.47 Å². The number of hydrogen-bond acceptors (Lipinski definition) is 4. The molecule has 0 amide bonds. The van der Waals surface area contributed by atoms with E-state index < -0.39 is 5.97 Å². The van der Waals surface area contributed by atoms with Gasteiger partial charge in [0.15, 0.2) is 11.4 Å². The van der Waals surface area contributed by atoms with Crippen molar-refractivity contribution in [3.8, 4) is 5.75 Å². The van der Waals surface area contributed by atoms with Gasteiger partial charge in [-0.05, 0) is 18.9 Å². The molecule has 2 rings (SSSR count). The van der Waals surface area contributed by atoms with Crippen molar-refractivity contribution in [1.82, 2.24) is 9.78 Å². The van der Waals surface area contributed by atoms with Crippen LogP contribution in [0.3, 0.4) is 0 Å². The summed E-state index contributed by atoms with van der Waals surface area (Å²) in [5.74, 6) is 0.0752. The number of aryl methyl sites for hydroxylation is 2. The third-order valence-corrected chi connectivity index (χ3v) is 3.11. The van der Waals surface area contributed by atoms with Gasteiger partial charge in [-0.2, -0.15) is 5.10 Å². The second-order valence-corrected chi connectivity index (χ2v) is 4.75. The van der Waals surface area contributed by atoms with Crippen molar-refractivity contribution in [3.63, 3.8) is 0 Å². The Hall–Kier alpha value is -2.30. The lowest BCUT2D eigenvalue weighted by Crippen LogP contribution is -2.13. The van der Waals surface area contributed by atoms with Gasteiger partial charge in [-0.25, -0.2) is 4.79 Å². The lowest BCUT2D eigenvalue weighted by Gasteiger charge is -2.09. The van der Waals surface area contributed by atoms with Gasteiger partial charge in [0, 0.05) is 6.54 Å². The van der Waals surface area contributed by atoms with E-state index in [1.807, 2.05) is 44.2 Å². The molecule has 0 spiro atoms. The molecule has 5 nitrogen and oxygen atoms in total. The summed E-state index contributed by atoms with van der Waals surface area (Å²) in [6.45, 7) is 4.91. The quantitative estimate of drug-likeness (QED) is 0.767. The van der Waals surface area contributed by atoms with Crippen LogP contribution in [-0.2, 0) is 17.9 Å². The van der Waals surface area contributed by atoms with Crippen LogP contribution in [0.2, 0.25) is 0 Å². The molecule has 1 heterocycles. The number of esters is 1. The molecule has 21 heavy (non-hydrogen) atoms. The van der Waals surface area contributed by atoms with E-state index in [2.05, 4.69) is 5.10 Å². The van der Waals surface area contributed by atoms with Crippen molar-refractivity contribution < 1.29 is 14.3 Å². The molecule has 0 fully saturated rings. The predicted octanol–water partition coefficient (Wildman–Crippen LogP) is 2.97. The Bertz CT molecular complexity index is 605. The Labute approximate surface area is 124 Å². The van der Waals surface area contributed by atoms with E-state index >= 15 is 0 Å². The maximum absolute atomic E-state index is 12.0. The summed E-state index contributed by atoms with van der Waals surface area (Å²) in [6, 6.07) is 9.81. The molecule has 0 saturated carbocycles. The van der Waals surface area contributed by atoms with E-state index in [-0.39, 0.29) is 0 Å². The van der Waals surface area contributed by atoms with Gasteiger partial charge in [-0.15, -0.1) is 0 Å². The molecule has 5 heteroatoms. The highest BCUT2D eigenvalue weighted by Gasteiger charge is 2.23. The molecule has 0 aliphatic carbocycles. The van der Waals surface area contributed by atoms with Gasteiger partial charge in [0.1, 0.15) is 12.3 Å². The fraction of sp³-hybridized carbons (Fsp3) is 0.375. The van der Waals surface area contributed by atoms with Crippen LogP contribution in [0.1, 0.15) is 35.1 Å². The van der Waals surface area contributed by atoms with Crippen LogP contribution in [-0.4, -0.2) is 22.9 Å². The summed E-state index contributed by atoms with van der Waals surface area (Å²) >= 11 is 0. The first-order valence-electron chi connectivity index (χ1n) is 6.99. The molecule has 2 aromatic rings. The molecular weight excluding hydrogens is 268 g/mol. The molecule has 1 aromatic heterocycles. The first kappa shape index (κ1) is 15.1. The van der Waals surface area contributed by atoms with Gasteiger partial charge in [0.05, 0.1) is 7.11 Å². The van der Waals surface area contributed by atoms with Crippen LogP contribution in [0.15, 0.2) is 30.3 Å². The minimum atomic E-state index is -0.424. The molecule has 0 saturated heterocycles. The summed E-state index contributed by atoms with van der Waals surface area (Å²) in [4.78, 5) is 12.0. The monoisotopic (exact) mass is 288 g/mol. The van der Waals surface area contributed by atoms with Gasteiger partial charge < -0.3 is 9.47 Å². The van der Waals surface area contributed by atoms with Crippen LogP contribution < -0.4 is 4.74 Å². The summed E-state index contributed by atoms with van der Waals surface area (Å²) < 4.78 is 12.3. The summed E-state index contributed by atoms with van der Waals surface area (Å²) in [7, 11) is 1.36. The number of nitrogens with zero attached hydrogens (tertiary/aromatic N) is 2. The largest absolute Gasteiger partial charge is 0.484 e. The second-order valence-electron chi connectivity index (χ2n) is 4.75. The van der Waals surface area contributed by atoms with Crippen LogP contribution >= 0.6 is 0 Å². The topological polar surface area (TPSA) is 53.4 Å². The van der Waals surface area contributed by atoms with Crippen LogP contribution in [0, 0.1) is 6.92 Å². The summed E-state index contributed by atoms with van der Waals surface area (Å²) in [6.07, 6.45) is 0.878. The molecule has 0 aliphatic heterocycles. The molecular formula is C16H20N2O3. The predicted molar refractivity (Wildman–Crippen MR) is 79.4 cm³/mol. The van der Waals surface area contributed by atoms with Crippen molar-refractivity contribution in [1.29, 1.82) is 0 Å². The van der Waals surface area contributed by atoms with Gasteiger partial charge in [0.25, 0.3) is 0 Å². The van der Waals surface area contributed by atoms with E-state index in [9.17, 15) is 4.79 Å². The number of carbonyl (C=O) groups is 1. The number of carbonyl (C=O) groups excluding carboxylic acids is 1. The van der Waals surface area contributed by atoms with Crippen molar-refractivity contribution in [3.05, 3.63) is 47.3 Å². The first-order chi connectivity index (χ1) is 10.2. The molecule has 0 bridgehead atoms. The fourth-order valence-corrected chi connectivity index (χ4v) is 2.14. The summed E-state index contributed by atoms with van der Waals surface area (Å²) in [5, 5.41) is 4.37. The number of aromatic nitrogens is 2. The van der Waals surface area contributed by atoms with Crippen molar-refractivity contribution in [2.24, 2.45) is 0 Å². The molecule has 0 unspecified atom stereocenters. The number of hydrogen-bond donors (Lipinski definition) is 0. The van der Waals surface area contributed by atoms with Gasteiger partial charge in [-0.1, -0.05) is 37.3 Å². The van der Waals surface area contributed by atoms with Gasteiger partial charge in [0.2, 0.25) is 0 Å². The second kappa shape index (κ2) is 6.92. The third kappa shape index (κ3) is 3.42. The van der Waals surface area contributed by atoms with Crippen LogP contribution in [0.5, 0.6) is 5.75 Å². The lowest BCUT2D eigenvalue weighted by atomic mass is 10.2. The van der Waals surface area contributed by atoms with Crippen molar-refractivity contribution in [2.75, 3.05) is 7.11 Å². The van der Waals surface area contributed by atoms with Crippen molar-refractivity contribution >= 4 is 5.97 Å².